The molecule has 0 aliphatic rings. The van der Waals surface area contributed by atoms with Crippen LogP contribution in [0, 0.1) is 6.92 Å². The quantitative estimate of drug-likeness (QED) is 0.714. The molecule has 0 N–H and O–H groups in total. The summed E-state index contributed by atoms with van der Waals surface area (Å²) in [6.07, 6.45) is 7.66. The summed E-state index contributed by atoms with van der Waals surface area (Å²) < 4.78 is 0. The Bertz CT molecular complexity index is 546. The average Bonchev–Trinajstić information content (AvgIpc) is 2.47. The molecule has 0 unspecified atom stereocenters. The van der Waals surface area contributed by atoms with E-state index in [1.807, 2.05) is 19.2 Å². The topological polar surface area (TPSA) is 12.9 Å². The molecule has 1 heterocycles. The number of unbranched alkanes of at least 4 members (excludes halogenated alkanes) is 1. The number of hydrogen-bond donors (Lipinski definition) is 0. The highest BCUT2D eigenvalue weighted by molar-refractivity contribution is 6.31. The van der Waals surface area contributed by atoms with E-state index in [0.29, 0.717) is 0 Å². The van der Waals surface area contributed by atoms with Gasteiger partial charge in [-0.15, -0.1) is 0 Å². The molecule has 20 heavy (non-hydrogen) atoms. The van der Waals surface area contributed by atoms with E-state index < -0.39 is 0 Å². The minimum atomic E-state index is 0.761. The van der Waals surface area contributed by atoms with Gasteiger partial charge in [-0.05, 0) is 55.4 Å². The van der Waals surface area contributed by atoms with Crippen LogP contribution in [0.15, 0.2) is 36.5 Å². The van der Waals surface area contributed by atoms with Gasteiger partial charge in [0.05, 0.1) is 10.7 Å². The van der Waals surface area contributed by atoms with E-state index in [1.165, 1.54) is 36.0 Å². The molecular weight excluding hydrogens is 266 g/mol. The smallest absolute Gasteiger partial charge is 0.0621 e. The first-order valence-electron chi connectivity index (χ1n) is 7.38. The fourth-order valence-electron chi connectivity index (χ4n) is 2.22. The Morgan fingerprint density at radius 1 is 0.950 bits per heavy atom. The fraction of sp³-hybridized carbons (Fsp3) is 0.389. The van der Waals surface area contributed by atoms with Crippen molar-refractivity contribution in [2.45, 2.75) is 46.0 Å². The van der Waals surface area contributed by atoms with Crippen molar-refractivity contribution in [3.63, 3.8) is 0 Å². The molecule has 0 saturated heterocycles. The van der Waals surface area contributed by atoms with Gasteiger partial charge in [0.2, 0.25) is 0 Å². The standard InChI is InChI=1S/C18H22ClN/c1-3-4-5-15-6-8-16(9-7-15)10-11-17-12-18(19)14(2)20-13-17/h6-9,12-13H,3-5,10-11H2,1-2H3. The van der Waals surface area contributed by atoms with Crippen molar-refractivity contribution in [2.24, 2.45) is 0 Å². The normalized spacial score (nSPS) is 10.8. The molecule has 1 aromatic heterocycles. The molecule has 0 fully saturated rings. The monoisotopic (exact) mass is 287 g/mol. The number of pyridine rings is 1. The summed E-state index contributed by atoms with van der Waals surface area (Å²) >= 11 is 6.10. The van der Waals surface area contributed by atoms with Gasteiger partial charge in [-0.1, -0.05) is 49.2 Å². The van der Waals surface area contributed by atoms with Crippen LogP contribution in [0.25, 0.3) is 0 Å². The second kappa shape index (κ2) is 7.44. The van der Waals surface area contributed by atoms with Crippen LogP contribution < -0.4 is 0 Å². The van der Waals surface area contributed by atoms with Crippen LogP contribution in [-0.2, 0) is 19.3 Å². The SMILES string of the molecule is CCCCc1ccc(CCc2cnc(C)c(Cl)c2)cc1. The summed E-state index contributed by atoms with van der Waals surface area (Å²) in [6.45, 7) is 4.16. The minimum absolute atomic E-state index is 0.761. The number of hydrogen-bond acceptors (Lipinski definition) is 1. The summed E-state index contributed by atoms with van der Waals surface area (Å²) in [5, 5.41) is 0.761. The largest absolute Gasteiger partial charge is 0.260 e. The number of rotatable bonds is 6. The fourth-order valence-corrected chi connectivity index (χ4v) is 2.41. The highest BCUT2D eigenvalue weighted by Gasteiger charge is 2.01. The van der Waals surface area contributed by atoms with Crippen LogP contribution in [0.1, 0.15) is 42.1 Å². The van der Waals surface area contributed by atoms with Crippen LogP contribution in [-0.4, -0.2) is 4.98 Å². The zero-order chi connectivity index (χ0) is 14.4. The molecule has 2 aromatic rings. The van der Waals surface area contributed by atoms with E-state index in [2.05, 4.69) is 36.2 Å². The van der Waals surface area contributed by atoms with Crippen molar-refractivity contribution in [3.8, 4) is 0 Å². The predicted molar refractivity (Wildman–Crippen MR) is 86.4 cm³/mol. The van der Waals surface area contributed by atoms with Crippen LogP contribution >= 0.6 is 11.6 Å². The lowest BCUT2D eigenvalue weighted by Crippen LogP contribution is -1.94. The molecule has 0 spiro atoms. The Morgan fingerprint density at radius 3 is 2.15 bits per heavy atom. The van der Waals surface area contributed by atoms with Gasteiger partial charge >= 0.3 is 0 Å². The van der Waals surface area contributed by atoms with Crippen molar-refractivity contribution in [1.29, 1.82) is 0 Å². The lowest BCUT2D eigenvalue weighted by Gasteiger charge is -2.05. The third kappa shape index (κ3) is 4.35. The van der Waals surface area contributed by atoms with Crippen LogP contribution in [0.2, 0.25) is 5.02 Å². The maximum Gasteiger partial charge on any atom is 0.0621 e. The molecule has 0 aliphatic carbocycles. The van der Waals surface area contributed by atoms with Crippen LogP contribution in [0.3, 0.4) is 0 Å². The highest BCUT2D eigenvalue weighted by atomic mass is 35.5. The average molecular weight is 288 g/mol. The van der Waals surface area contributed by atoms with E-state index in [-0.39, 0.29) is 0 Å². The molecule has 1 nitrogen and oxygen atoms in total. The third-order valence-electron chi connectivity index (χ3n) is 3.63. The molecule has 1 aromatic carbocycles. The molecule has 0 atom stereocenters. The van der Waals surface area contributed by atoms with E-state index in [1.54, 1.807) is 0 Å². The zero-order valence-electron chi connectivity index (χ0n) is 12.3. The zero-order valence-corrected chi connectivity index (χ0v) is 13.1. The summed E-state index contributed by atoms with van der Waals surface area (Å²) in [4.78, 5) is 4.31. The summed E-state index contributed by atoms with van der Waals surface area (Å²) in [6, 6.07) is 11.0. The van der Waals surface area contributed by atoms with E-state index in [4.69, 9.17) is 11.6 Å². The second-order valence-electron chi connectivity index (χ2n) is 5.33. The molecule has 0 amide bonds. The maximum absolute atomic E-state index is 6.10. The van der Waals surface area contributed by atoms with Crippen LogP contribution in [0.5, 0.6) is 0 Å². The Labute approximate surface area is 127 Å². The number of benzene rings is 1. The van der Waals surface area contributed by atoms with Gasteiger partial charge < -0.3 is 0 Å². The number of halogens is 1. The van der Waals surface area contributed by atoms with Gasteiger partial charge in [0.1, 0.15) is 0 Å². The third-order valence-corrected chi connectivity index (χ3v) is 4.01. The Kier molecular flexibility index (Phi) is 5.60. The van der Waals surface area contributed by atoms with Gasteiger partial charge in [0.25, 0.3) is 0 Å². The van der Waals surface area contributed by atoms with Gasteiger partial charge in [-0.3, -0.25) is 4.98 Å². The molecule has 0 aliphatic heterocycles. The number of aromatic nitrogens is 1. The molecular formula is C18H22ClN. The first-order valence-corrected chi connectivity index (χ1v) is 7.75. The van der Waals surface area contributed by atoms with Crippen molar-refractivity contribution in [3.05, 3.63) is 63.9 Å². The summed E-state index contributed by atoms with van der Waals surface area (Å²) in [7, 11) is 0. The predicted octanol–water partition coefficient (Wildman–Crippen LogP) is 5.17. The summed E-state index contributed by atoms with van der Waals surface area (Å²) in [5.41, 5.74) is 4.92. The molecule has 106 valence electrons. The maximum atomic E-state index is 6.10. The van der Waals surface area contributed by atoms with Crippen molar-refractivity contribution in [1.82, 2.24) is 4.98 Å². The summed E-state index contributed by atoms with van der Waals surface area (Å²) in [5.74, 6) is 0. The second-order valence-corrected chi connectivity index (χ2v) is 5.74. The lowest BCUT2D eigenvalue weighted by molar-refractivity contribution is 0.794. The van der Waals surface area contributed by atoms with Gasteiger partial charge in [0, 0.05) is 6.20 Å². The molecule has 0 radical (unpaired) electrons. The number of aryl methyl sites for hydroxylation is 4. The van der Waals surface area contributed by atoms with E-state index in [0.717, 1.165) is 23.6 Å². The minimum Gasteiger partial charge on any atom is -0.260 e. The molecule has 0 saturated carbocycles. The Morgan fingerprint density at radius 2 is 1.55 bits per heavy atom. The first kappa shape index (κ1) is 15.1. The first-order chi connectivity index (χ1) is 9.69. The van der Waals surface area contributed by atoms with Gasteiger partial charge in [0.15, 0.2) is 0 Å². The van der Waals surface area contributed by atoms with Gasteiger partial charge in [-0.25, -0.2) is 0 Å². The van der Waals surface area contributed by atoms with Crippen LogP contribution in [0.4, 0.5) is 0 Å². The Hall–Kier alpha value is -1.34. The molecule has 2 heteroatoms. The molecule has 2 rings (SSSR count). The number of nitrogens with zero attached hydrogens (tertiary/aromatic N) is 1. The lowest BCUT2D eigenvalue weighted by atomic mass is 10.0. The van der Waals surface area contributed by atoms with Crippen molar-refractivity contribution < 1.29 is 0 Å². The van der Waals surface area contributed by atoms with E-state index in [9.17, 15) is 0 Å². The van der Waals surface area contributed by atoms with Crippen molar-refractivity contribution >= 4 is 11.6 Å². The van der Waals surface area contributed by atoms with Gasteiger partial charge in [-0.2, -0.15) is 0 Å². The Balaban J connectivity index is 1.91. The van der Waals surface area contributed by atoms with Crippen molar-refractivity contribution in [2.75, 3.05) is 0 Å². The highest BCUT2D eigenvalue weighted by Crippen LogP contribution is 2.16. The molecule has 0 bridgehead atoms. The van der Waals surface area contributed by atoms with E-state index >= 15 is 0 Å².